The molecule has 2 atom stereocenters. The Balaban J connectivity index is 1.98. The van der Waals surface area contributed by atoms with Crippen LogP contribution in [-0.2, 0) is 9.59 Å². The smallest absolute Gasteiger partial charge is 0.326 e. The number of nitrogens with zero attached hydrogens (tertiary/aromatic N) is 1. The van der Waals surface area contributed by atoms with Crippen LogP contribution in [0, 0.1) is 5.92 Å². The van der Waals surface area contributed by atoms with Crippen molar-refractivity contribution in [3.63, 3.8) is 0 Å². The normalized spacial score (nSPS) is 23.8. The van der Waals surface area contributed by atoms with Crippen LogP contribution < -0.4 is 10.6 Å². The first kappa shape index (κ1) is 13.6. The van der Waals surface area contributed by atoms with E-state index in [1.165, 1.54) is 11.9 Å². The molecule has 2 fully saturated rings. The average molecular weight is 269 g/mol. The molecule has 7 heteroatoms. The van der Waals surface area contributed by atoms with Crippen LogP contribution in [0.3, 0.4) is 0 Å². The van der Waals surface area contributed by atoms with Crippen molar-refractivity contribution in [1.29, 1.82) is 0 Å². The summed E-state index contributed by atoms with van der Waals surface area (Å²) in [5.41, 5.74) is 0. The van der Waals surface area contributed by atoms with Crippen LogP contribution in [0.2, 0.25) is 0 Å². The zero-order chi connectivity index (χ0) is 14.0. The molecule has 0 aromatic rings. The summed E-state index contributed by atoms with van der Waals surface area (Å²) in [7, 11) is 1.53. The van der Waals surface area contributed by atoms with Gasteiger partial charge in [-0.2, -0.15) is 0 Å². The highest BCUT2D eigenvalue weighted by Gasteiger charge is 2.40. The maximum atomic E-state index is 12.1. The Morgan fingerprint density at radius 2 is 1.95 bits per heavy atom. The van der Waals surface area contributed by atoms with E-state index in [0.717, 1.165) is 19.3 Å². The lowest BCUT2D eigenvalue weighted by molar-refractivity contribution is -0.139. The van der Waals surface area contributed by atoms with Gasteiger partial charge in [0.1, 0.15) is 12.1 Å². The van der Waals surface area contributed by atoms with Gasteiger partial charge in [0.2, 0.25) is 5.91 Å². The molecule has 0 radical (unpaired) electrons. The second-order valence-corrected chi connectivity index (χ2v) is 5.07. The standard InChI is InChI=1S/C12H19N3O4/c1-13-10(16)8-3-2-6-15(8)12(19)14-9(11(17)18)7-4-5-7/h7-9H,2-6H2,1H3,(H,13,16)(H,14,19)(H,17,18). The molecule has 3 N–H and O–H groups in total. The molecule has 19 heavy (non-hydrogen) atoms. The zero-order valence-corrected chi connectivity index (χ0v) is 10.9. The predicted octanol–water partition coefficient (Wildman–Crippen LogP) is -0.230. The number of hydrogen-bond acceptors (Lipinski definition) is 3. The van der Waals surface area contributed by atoms with Crippen molar-refractivity contribution < 1.29 is 19.5 Å². The molecule has 2 rings (SSSR count). The quantitative estimate of drug-likeness (QED) is 0.656. The number of carboxylic acid groups (broad SMARTS) is 1. The molecule has 3 amide bonds. The van der Waals surface area contributed by atoms with Gasteiger partial charge in [0.15, 0.2) is 0 Å². The van der Waals surface area contributed by atoms with Crippen LogP contribution in [0.4, 0.5) is 4.79 Å². The molecule has 106 valence electrons. The van der Waals surface area contributed by atoms with Gasteiger partial charge in [-0.25, -0.2) is 9.59 Å². The van der Waals surface area contributed by atoms with Gasteiger partial charge in [0.25, 0.3) is 0 Å². The van der Waals surface area contributed by atoms with Crippen molar-refractivity contribution >= 4 is 17.9 Å². The number of carboxylic acids is 1. The summed E-state index contributed by atoms with van der Waals surface area (Å²) in [5.74, 6) is -1.18. The van der Waals surface area contributed by atoms with Gasteiger partial charge in [-0.1, -0.05) is 0 Å². The zero-order valence-electron chi connectivity index (χ0n) is 10.9. The minimum absolute atomic E-state index is 0.0301. The SMILES string of the molecule is CNC(=O)C1CCCN1C(=O)NC(C(=O)O)C1CC1. The summed E-state index contributed by atoms with van der Waals surface area (Å²) in [4.78, 5) is 36.3. The highest BCUT2D eigenvalue weighted by atomic mass is 16.4. The summed E-state index contributed by atoms with van der Waals surface area (Å²) in [5, 5.41) is 14.1. The summed E-state index contributed by atoms with van der Waals surface area (Å²) < 4.78 is 0. The molecule has 0 aromatic carbocycles. The van der Waals surface area contributed by atoms with Crippen LogP contribution in [0.15, 0.2) is 0 Å². The van der Waals surface area contributed by atoms with E-state index in [1.54, 1.807) is 0 Å². The second kappa shape index (κ2) is 5.46. The van der Waals surface area contributed by atoms with Crippen molar-refractivity contribution in [3.05, 3.63) is 0 Å². The molecule has 1 aliphatic heterocycles. The van der Waals surface area contributed by atoms with E-state index in [1.807, 2.05) is 0 Å². The molecule has 2 aliphatic rings. The lowest BCUT2D eigenvalue weighted by atomic mass is 10.2. The number of carbonyl (C=O) groups is 3. The number of nitrogens with one attached hydrogen (secondary N) is 2. The summed E-state index contributed by atoms with van der Waals surface area (Å²) >= 11 is 0. The number of rotatable bonds is 4. The molecule has 0 spiro atoms. The topological polar surface area (TPSA) is 98.7 Å². The van der Waals surface area contributed by atoms with E-state index in [4.69, 9.17) is 5.11 Å². The predicted molar refractivity (Wildman–Crippen MR) is 66.5 cm³/mol. The fourth-order valence-electron chi connectivity index (χ4n) is 2.48. The third-order valence-electron chi connectivity index (χ3n) is 3.70. The molecular formula is C12H19N3O4. The highest BCUT2D eigenvalue weighted by Crippen LogP contribution is 2.33. The summed E-state index contributed by atoms with van der Waals surface area (Å²) in [6, 6.07) is -1.78. The van der Waals surface area contributed by atoms with Crippen molar-refractivity contribution in [2.45, 2.75) is 37.8 Å². The van der Waals surface area contributed by atoms with Crippen molar-refractivity contribution in [3.8, 4) is 0 Å². The molecular weight excluding hydrogens is 250 g/mol. The minimum Gasteiger partial charge on any atom is -0.480 e. The maximum Gasteiger partial charge on any atom is 0.326 e. The molecule has 1 heterocycles. The largest absolute Gasteiger partial charge is 0.480 e. The van der Waals surface area contributed by atoms with E-state index in [2.05, 4.69) is 10.6 Å². The summed E-state index contributed by atoms with van der Waals surface area (Å²) in [6.45, 7) is 0.487. The molecule has 0 aromatic heterocycles. The van der Waals surface area contributed by atoms with Crippen LogP contribution in [0.5, 0.6) is 0 Å². The van der Waals surface area contributed by atoms with Gasteiger partial charge in [0.05, 0.1) is 0 Å². The van der Waals surface area contributed by atoms with Crippen LogP contribution in [0.1, 0.15) is 25.7 Å². The van der Waals surface area contributed by atoms with Gasteiger partial charge < -0.3 is 20.6 Å². The van der Waals surface area contributed by atoms with Crippen LogP contribution >= 0.6 is 0 Å². The minimum atomic E-state index is -1.01. The first-order valence-corrected chi connectivity index (χ1v) is 6.56. The third-order valence-corrected chi connectivity index (χ3v) is 3.70. The van der Waals surface area contributed by atoms with Crippen LogP contribution in [0.25, 0.3) is 0 Å². The van der Waals surface area contributed by atoms with Gasteiger partial charge in [-0.15, -0.1) is 0 Å². The third kappa shape index (κ3) is 2.97. The van der Waals surface area contributed by atoms with Crippen molar-refractivity contribution in [1.82, 2.24) is 15.5 Å². The molecule has 1 saturated carbocycles. The van der Waals surface area contributed by atoms with E-state index in [0.29, 0.717) is 13.0 Å². The lowest BCUT2D eigenvalue weighted by Gasteiger charge is -2.25. The number of carbonyl (C=O) groups excluding carboxylic acids is 2. The van der Waals surface area contributed by atoms with Gasteiger partial charge in [-0.3, -0.25) is 4.79 Å². The monoisotopic (exact) mass is 269 g/mol. The summed E-state index contributed by atoms with van der Waals surface area (Å²) in [6.07, 6.45) is 3.03. The Morgan fingerprint density at radius 1 is 1.26 bits per heavy atom. The fourth-order valence-corrected chi connectivity index (χ4v) is 2.48. The van der Waals surface area contributed by atoms with Gasteiger partial charge >= 0.3 is 12.0 Å². The maximum absolute atomic E-state index is 12.1. The Bertz CT molecular complexity index is 394. The first-order chi connectivity index (χ1) is 9.04. The molecule has 7 nitrogen and oxygen atoms in total. The van der Waals surface area contributed by atoms with Gasteiger partial charge in [0, 0.05) is 13.6 Å². The van der Waals surface area contributed by atoms with E-state index in [-0.39, 0.29) is 11.8 Å². The van der Waals surface area contributed by atoms with E-state index in [9.17, 15) is 14.4 Å². The van der Waals surface area contributed by atoms with E-state index >= 15 is 0 Å². The van der Waals surface area contributed by atoms with Crippen molar-refractivity contribution in [2.24, 2.45) is 5.92 Å². The Hall–Kier alpha value is -1.79. The molecule has 0 bridgehead atoms. The van der Waals surface area contributed by atoms with Crippen molar-refractivity contribution in [2.75, 3.05) is 13.6 Å². The number of amides is 3. The Labute approximate surface area is 111 Å². The first-order valence-electron chi connectivity index (χ1n) is 6.56. The second-order valence-electron chi connectivity index (χ2n) is 5.07. The fraction of sp³-hybridized carbons (Fsp3) is 0.750. The molecule has 1 saturated heterocycles. The van der Waals surface area contributed by atoms with E-state index < -0.39 is 24.1 Å². The number of hydrogen-bond donors (Lipinski definition) is 3. The number of aliphatic carboxylic acids is 1. The number of likely N-dealkylation sites (tertiary alicyclic amines) is 1. The lowest BCUT2D eigenvalue weighted by Crippen LogP contribution is -2.53. The average Bonchev–Trinajstić information content (AvgIpc) is 3.09. The Kier molecular flexibility index (Phi) is 3.92. The van der Waals surface area contributed by atoms with Gasteiger partial charge in [-0.05, 0) is 31.6 Å². The number of urea groups is 1. The molecule has 2 unspecified atom stereocenters. The number of likely N-dealkylation sites (N-methyl/N-ethyl adjacent to an activating group) is 1. The highest BCUT2D eigenvalue weighted by molar-refractivity contribution is 5.89. The molecule has 1 aliphatic carbocycles. The van der Waals surface area contributed by atoms with Crippen LogP contribution in [-0.4, -0.2) is 53.6 Å². The Morgan fingerprint density at radius 3 is 2.47 bits per heavy atom.